The SMILES string of the molecule is COc1ccc(NC(=O)CCl)c(Br)c1. The minimum Gasteiger partial charge on any atom is -0.497 e. The Bertz CT molecular complexity index is 344. The number of benzene rings is 1. The highest BCUT2D eigenvalue weighted by Gasteiger charge is 2.04. The van der Waals surface area contributed by atoms with E-state index in [-0.39, 0.29) is 11.8 Å². The molecule has 0 radical (unpaired) electrons. The minimum atomic E-state index is -0.238. The summed E-state index contributed by atoms with van der Waals surface area (Å²) in [4.78, 5) is 11.0. The van der Waals surface area contributed by atoms with Crippen molar-refractivity contribution in [3.63, 3.8) is 0 Å². The van der Waals surface area contributed by atoms with Gasteiger partial charge in [0.25, 0.3) is 0 Å². The van der Waals surface area contributed by atoms with Gasteiger partial charge in [-0.3, -0.25) is 4.79 Å². The quantitative estimate of drug-likeness (QED) is 0.863. The van der Waals surface area contributed by atoms with E-state index in [4.69, 9.17) is 16.3 Å². The first-order chi connectivity index (χ1) is 6.67. The van der Waals surface area contributed by atoms with Crippen LogP contribution in [0.3, 0.4) is 0 Å². The molecule has 1 aromatic rings. The van der Waals surface area contributed by atoms with Crippen molar-refractivity contribution in [1.82, 2.24) is 0 Å². The van der Waals surface area contributed by atoms with Gasteiger partial charge in [0.2, 0.25) is 5.91 Å². The van der Waals surface area contributed by atoms with E-state index in [1.165, 1.54) is 0 Å². The standard InChI is InChI=1S/C9H9BrClNO2/c1-14-6-2-3-8(7(10)4-6)12-9(13)5-11/h2-4H,5H2,1H3,(H,12,13). The average Bonchev–Trinajstić information content (AvgIpc) is 2.20. The summed E-state index contributed by atoms with van der Waals surface area (Å²) in [7, 11) is 1.58. The summed E-state index contributed by atoms with van der Waals surface area (Å²) in [6.45, 7) is 0. The highest BCUT2D eigenvalue weighted by Crippen LogP contribution is 2.26. The summed E-state index contributed by atoms with van der Waals surface area (Å²) in [5.41, 5.74) is 0.677. The first kappa shape index (κ1) is 11.3. The number of rotatable bonds is 3. The van der Waals surface area contributed by atoms with E-state index in [0.29, 0.717) is 5.69 Å². The van der Waals surface area contributed by atoms with E-state index >= 15 is 0 Å². The smallest absolute Gasteiger partial charge is 0.239 e. The molecular weight excluding hydrogens is 269 g/mol. The first-order valence-corrected chi connectivity index (χ1v) is 5.19. The molecule has 0 aliphatic carbocycles. The molecule has 76 valence electrons. The molecule has 0 saturated heterocycles. The van der Waals surface area contributed by atoms with E-state index in [1.54, 1.807) is 25.3 Å². The lowest BCUT2D eigenvalue weighted by atomic mass is 10.3. The van der Waals surface area contributed by atoms with Crippen LogP contribution in [0.15, 0.2) is 22.7 Å². The summed E-state index contributed by atoms with van der Waals surface area (Å²) in [6, 6.07) is 5.27. The number of methoxy groups -OCH3 is 1. The first-order valence-electron chi connectivity index (χ1n) is 3.86. The number of carbonyl (C=O) groups is 1. The zero-order valence-corrected chi connectivity index (χ0v) is 9.85. The largest absolute Gasteiger partial charge is 0.497 e. The van der Waals surface area contributed by atoms with Crippen LogP contribution in [-0.2, 0) is 4.79 Å². The Kier molecular flexibility index (Phi) is 4.22. The van der Waals surface area contributed by atoms with Gasteiger partial charge in [-0.1, -0.05) is 0 Å². The van der Waals surface area contributed by atoms with Gasteiger partial charge in [-0.2, -0.15) is 0 Å². The molecule has 0 aromatic heterocycles. The Morgan fingerprint density at radius 2 is 2.36 bits per heavy atom. The van der Waals surface area contributed by atoms with Crippen LogP contribution in [-0.4, -0.2) is 18.9 Å². The number of hydrogen-bond acceptors (Lipinski definition) is 2. The molecular formula is C9H9BrClNO2. The Balaban J connectivity index is 2.83. The Morgan fingerprint density at radius 1 is 1.64 bits per heavy atom. The highest BCUT2D eigenvalue weighted by molar-refractivity contribution is 9.10. The number of alkyl halides is 1. The van der Waals surface area contributed by atoms with Gasteiger partial charge in [0, 0.05) is 4.47 Å². The number of ether oxygens (including phenoxy) is 1. The van der Waals surface area contributed by atoms with Crippen molar-refractivity contribution in [3.05, 3.63) is 22.7 Å². The molecule has 0 spiro atoms. The van der Waals surface area contributed by atoms with Crippen molar-refractivity contribution in [1.29, 1.82) is 0 Å². The monoisotopic (exact) mass is 277 g/mol. The maximum atomic E-state index is 11.0. The van der Waals surface area contributed by atoms with Gasteiger partial charge in [-0.25, -0.2) is 0 Å². The fourth-order valence-electron chi connectivity index (χ4n) is 0.908. The van der Waals surface area contributed by atoms with Gasteiger partial charge < -0.3 is 10.1 Å². The lowest BCUT2D eigenvalue weighted by molar-refractivity contribution is -0.113. The van der Waals surface area contributed by atoms with E-state index < -0.39 is 0 Å². The van der Waals surface area contributed by atoms with Crippen LogP contribution in [0.1, 0.15) is 0 Å². The fraction of sp³-hybridized carbons (Fsp3) is 0.222. The van der Waals surface area contributed by atoms with Crippen LogP contribution in [0, 0.1) is 0 Å². The van der Waals surface area contributed by atoms with Gasteiger partial charge in [0.1, 0.15) is 11.6 Å². The van der Waals surface area contributed by atoms with Crippen molar-refractivity contribution in [3.8, 4) is 5.75 Å². The zero-order chi connectivity index (χ0) is 10.6. The summed E-state index contributed by atoms with van der Waals surface area (Å²) in [6.07, 6.45) is 0. The third-order valence-corrected chi connectivity index (χ3v) is 2.47. The van der Waals surface area contributed by atoms with Gasteiger partial charge >= 0.3 is 0 Å². The van der Waals surface area contributed by atoms with E-state index in [9.17, 15) is 4.79 Å². The second-order valence-corrected chi connectivity index (χ2v) is 3.65. The Labute approximate surface area is 95.5 Å². The third-order valence-electron chi connectivity index (χ3n) is 1.57. The van der Waals surface area contributed by atoms with Crippen molar-refractivity contribution >= 4 is 39.1 Å². The number of amides is 1. The topological polar surface area (TPSA) is 38.3 Å². The molecule has 5 heteroatoms. The molecule has 0 aliphatic heterocycles. The molecule has 0 unspecified atom stereocenters. The predicted octanol–water partition coefficient (Wildman–Crippen LogP) is 2.64. The van der Waals surface area contributed by atoms with Gasteiger partial charge in [-0.05, 0) is 34.1 Å². The number of hydrogen-bond donors (Lipinski definition) is 1. The van der Waals surface area contributed by atoms with Crippen LogP contribution in [0.5, 0.6) is 5.75 Å². The molecule has 1 aromatic carbocycles. The van der Waals surface area contributed by atoms with E-state index in [0.717, 1.165) is 10.2 Å². The van der Waals surface area contributed by atoms with Crippen molar-refractivity contribution in [2.75, 3.05) is 18.3 Å². The van der Waals surface area contributed by atoms with Crippen LogP contribution in [0.2, 0.25) is 0 Å². The summed E-state index contributed by atoms with van der Waals surface area (Å²) in [5.74, 6) is 0.427. The van der Waals surface area contributed by atoms with Gasteiger partial charge in [0.05, 0.1) is 12.8 Å². The van der Waals surface area contributed by atoms with E-state index in [2.05, 4.69) is 21.2 Å². The van der Waals surface area contributed by atoms with Crippen LogP contribution in [0.4, 0.5) is 5.69 Å². The normalized spacial score (nSPS) is 9.64. The molecule has 0 heterocycles. The molecule has 0 saturated carbocycles. The van der Waals surface area contributed by atoms with Crippen molar-refractivity contribution in [2.45, 2.75) is 0 Å². The fourth-order valence-corrected chi connectivity index (χ4v) is 1.43. The summed E-state index contributed by atoms with van der Waals surface area (Å²) < 4.78 is 5.77. The van der Waals surface area contributed by atoms with Crippen LogP contribution >= 0.6 is 27.5 Å². The van der Waals surface area contributed by atoms with Crippen LogP contribution < -0.4 is 10.1 Å². The summed E-state index contributed by atoms with van der Waals surface area (Å²) in [5, 5.41) is 2.64. The number of carbonyl (C=O) groups excluding carboxylic acids is 1. The molecule has 3 nitrogen and oxygen atoms in total. The minimum absolute atomic E-state index is 0.0571. The molecule has 1 amide bonds. The molecule has 1 N–H and O–H groups in total. The molecule has 1 rings (SSSR count). The number of anilines is 1. The van der Waals surface area contributed by atoms with Gasteiger partial charge in [-0.15, -0.1) is 11.6 Å². The maximum Gasteiger partial charge on any atom is 0.239 e. The predicted molar refractivity (Wildman–Crippen MR) is 60.0 cm³/mol. The highest BCUT2D eigenvalue weighted by atomic mass is 79.9. The Hall–Kier alpha value is -0.740. The second kappa shape index (κ2) is 5.22. The lowest BCUT2D eigenvalue weighted by Gasteiger charge is -2.07. The number of halogens is 2. The molecule has 0 fully saturated rings. The second-order valence-electron chi connectivity index (χ2n) is 2.53. The van der Waals surface area contributed by atoms with Crippen molar-refractivity contribution in [2.24, 2.45) is 0 Å². The molecule has 14 heavy (non-hydrogen) atoms. The third kappa shape index (κ3) is 2.89. The lowest BCUT2D eigenvalue weighted by Crippen LogP contribution is -2.12. The Morgan fingerprint density at radius 3 is 2.86 bits per heavy atom. The average molecular weight is 279 g/mol. The maximum absolute atomic E-state index is 11.0. The molecule has 0 atom stereocenters. The van der Waals surface area contributed by atoms with Gasteiger partial charge in [0.15, 0.2) is 0 Å². The summed E-state index contributed by atoms with van der Waals surface area (Å²) >= 11 is 8.67. The molecule has 0 aliphatic rings. The zero-order valence-electron chi connectivity index (χ0n) is 7.51. The van der Waals surface area contributed by atoms with Crippen LogP contribution in [0.25, 0.3) is 0 Å². The van der Waals surface area contributed by atoms with E-state index in [1.807, 2.05) is 0 Å². The molecule has 0 bridgehead atoms. The van der Waals surface area contributed by atoms with Crippen molar-refractivity contribution < 1.29 is 9.53 Å². The number of nitrogens with one attached hydrogen (secondary N) is 1.